The molecule has 1 aromatic carbocycles. The van der Waals surface area contributed by atoms with Crippen LogP contribution in [0.1, 0.15) is 11.5 Å². The number of pyridine rings is 1. The van der Waals surface area contributed by atoms with Gasteiger partial charge < -0.3 is 14.3 Å². The third-order valence-corrected chi connectivity index (χ3v) is 4.69. The van der Waals surface area contributed by atoms with Crippen molar-refractivity contribution in [1.82, 2.24) is 20.0 Å². The lowest BCUT2D eigenvalue weighted by molar-refractivity contribution is -0.130. The number of aryl methyl sites for hydroxylation is 1. The highest BCUT2D eigenvalue weighted by atomic mass is 16.5. The summed E-state index contributed by atoms with van der Waals surface area (Å²) in [6.07, 6.45) is 2.21. The largest absolute Gasteiger partial charge is 0.353 e. The summed E-state index contributed by atoms with van der Waals surface area (Å²) in [6, 6.07) is 13.8. The Morgan fingerprint density at radius 3 is 2.48 bits per heavy atom. The lowest BCUT2D eigenvalue weighted by atomic mass is 10.1. The number of benzene rings is 1. The average molecular weight is 363 g/mol. The van der Waals surface area contributed by atoms with Crippen molar-refractivity contribution in [2.45, 2.75) is 13.3 Å². The van der Waals surface area contributed by atoms with E-state index in [4.69, 9.17) is 4.52 Å². The predicted octanol–water partition coefficient (Wildman–Crippen LogP) is 2.33. The molecule has 4 rings (SSSR count). The Labute approximate surface area is 157 Å². The molecule has 0 unspecified atom stereocenters. The Kier molecular flexibility index (Phi) is 4.82. The quantitative estimate of drug-likeness (QED) is 0.708. The van der Waals surface area contributed by atoms with Crippen molar-refractivity contribution >= 4 is 11.7 Å². The summed E-state index contributed by atoms with van der Waals surface area (Å²) in [5, 5.41) is 3.91. The van der Waals surface area contributed by atoms with E-state index in [-0.39, 0.29) is 5.91 Å². The number of nitrogens with zero attached hydrogens (tertiary/aromatic N) is 5. The molecule has 1 saturated heterocycles. The van der Waals surface area contributed by atoms with Gasteiger partial charge in [-0.25, -0.2) is 4.98 Å². The maximum Gasteiger partial charge on any atom is 0.227 e. The second-order valence-corrected chi connectivity index (χ2v) is 6.57. The molecule has 1 amide bonds. The normalized spacial score (nSPS) is 14.4. The summed E-state index contributed by atoms with van der Waals surface area (Å²) in [4.78, 5) is 25.3. The molecular formula is C20H21N5O2. The second-order valence-electron chi connectivity index (χ2n) is 6.57. The summed E-state index contributed by atoms with van der Waals surface area (Å²) in [5.74, 6) is 2.15. The molecule has 3 heterocycles. The summed E-state index contributed by atoms with van der Waals surface area (Å²) >= 11 is 0. The zero-order valence-electron chi connectivity index (χ0n) is 15.2. The molecular weight excluding hydrogens is 342 g/mol. The summed E-state index contributed by atoms with van der Waals surface area (Å²) < 4.78 is 5.01. The van der Waals surface area contributed by atoms with E-state index in [2.05, 4.69) is 20.0 Å². The van der Waals surface area contributed by atoms with Crippen LogP contribution < -0.4 is 4.90 Å². The van der Waals surface area contributed by atoms with Crippen molar-refractivity contribution in [3.8, 4) is 11.4 Å². The monoisotopic (exact) mass is 363 g/mol. The van der Waals surface area contributed by atoms with Gasteiger partial charge in [0.15, 0.2) is 0 Å². The van der Waals surface area contributed by atoms with E-state index in [1.54, 1.807) is 13.1 Å². The van der Waals surface area contributed by atoms with Crippen LogP contribution in [0, 0.1) is 6.92 Å². The number of anilines is 1. The maximum atomic E-state index is 12.5. The van der Waals surface area contributed by atoms with E-state index in [1.807, 2.05) is 47.4 Å². The molecule has 7 heteroatoms. The molecule has 0 N–H and O–H groups in total. The highest BCUT2D eigenvalue weighted by Gasteiger charge is 2.22. The molecule has 0 atom stereocenters. The van der Waals surface area contributed by atoms with Gasteiger partial charge in [0.25, 0.3) is 0 Å². The number of rotatable bonds is 4. The zero-order valence-corrected chi connectivity index (χ0v) is 15.2. The van der Waals surface area contributed by atoms with Gasteiger partial charge in [-0.2, -0.15) is 4.98 Å². The predicted molar refractivity (Wildman–Crippen MR) is 101 cm³/mol. The Hall–Kier alpha value is -3.22. The summed E-state index contributed by atoms with van der Waals surface area (Å²) in [5.41, 5.74) is 1.88. The van der Waals surface area contributed by atoms with Crippen LogP contribution in [0.15, 0.2) is 53.2 Å². The van der Waals surface area contributed by atoms with Crippen molar-refractivity contribution in [3.63, 3.8) is 0 Å². The molecule has 2 aromatic heterocycles. The number of carbonyl (C=O) groups excluding carboxylic acids is 1. The average Bonchev–Trinajstić information content (AvgIpc) is 3.15. The lowest BCUT2D eigenvalue weighted by Gasteiger charge is -2.35. The van der Waals surface area contributed by atoms with Gasteiger partial charge in [-0.05, 0) is 17.7 Å². The van der Waals surface area contributed by atoms with Crippen molar-refractivity contribution in [2.24, 2.45) is 0 Å². The third kappa shape index (κ3) is 3.97. The van der Waals surface area contributed by atoms with Gasteiger partial charge in [0.1, 0.15) is 5.82 Å². The number of aromatic nitrogens is 3. The highest BCUT2D eigenvalue weighted by molar-refractivity contribution is 5.79. The van der Waals surface area contributed by atoms with Crippen LogP contribution in [-0.4, -0.2) is 52.1 Å². The maximum absolute atomic E-state index is 12.5. The third-order valence-electron chi connectivity index (χ3n) is 4.69. The molecule has 0 saturated carbocycles. The minimum atomic E-state index is 0.177. The van der Waals surface area contributed by atoms with E-state index in [0.717, 1.165) is 30.0 Å². The molecule has 0 aliphatic carbocycles. The fraction of sp³-hybridized carbons (Fsp3) is 0.300. The van der Waals surface area contributed by atoms with E-state index in [1.165, 1.54) is 0 Å². The molecule has 7 nitrogen and oxygen atoms in total. The van der Waals surface area contributed by atoms with Crippen LogP contribution in [0.3, 0.4) is 0 Å². The first-order valence-electron chi connectivity index (χ1n) is 9.02. The van der Waals surface area contributed by atoms with Gasteiger partial charge in [0.05, 0.1) is 6.42 Å². The van der Waals surface area contributed by atoms with Gasteiger partial charge in [-0.3, -0.25) is 4.79 Å². The first-order chi connectivity index (χ1) is 13.2. The molecule has 1 aliphatic rings. The molecule has 0 spiro atoms. The number of carbonyl (C=O) groups is 1. The van der Waals surface area contributed by atoms with Crippen LogP contribution >= 0.6 is 0 Å². The molecule has 3 aromatic rings. The summed E-state index contributed by atoms with van der Waals surface area (Å²) in [7, 11) is 0. The minimum Gasteiger partial charge on any atom is -0.353 e. The van der Waals surface area contributed by atoms with Gasteiger partial charge >= 0.3 is 0 Å². The second kappa shape index (κ2) is 7.57. The van der Waals surface area contributed by atoms with E-state index in [0.29, 0.717) is 31.2 Å². The van der Waals surface area contributed by atoms with Crippen molar-refractivity contribution < 1.29 is 9.32 Å². The standard InChI is InChI=1S/C20H21N5O2/c1-15-22-20(23-27-15)17-7-8-18(21-14-17)24-9-11-25(12-10-24)19(26)13-16-5-3-2-4-6-16/h2-8,14H,9-13H2,1H3. The van der Waals surface area contributed by atoms with Gasteiger partial charge in [-0.15, -0.1) is 0 Å². The number of hydrogen-bond acceptors (Lipinski definition) is 6. The van der Waals surface area contributed by atoms with Crippen molar-refractivity contribution in [2.75, 3.05) is 31.1 Å². The molecule has 138 valence electrons. The Balaban J connectivity index is 1.34. The van der Waals surface area contributed by atoms with Crippen LogP contribution in [0.4, 0.5) is 5.82 Å². The Bertz CT molecular complexity index is 900. The highest BCUT2D eigenvalue weighted by Crippen LogP contribution is 2.19. The van der Waals surface area contributed by atoms with Crippen molar-refractivity contribution in [3.05, 3.63) is 60.1 Å². The number of hydrogen-bond donors (Lipinski definition) is 0. The van der Waals surface area contributed by atoms with Crippen LogP contribution in [-0.2, 0) is 11.2 Å². The molecule has 0 radical (unpaired) electrons. The van der Waals surface area contributed by atoms with Gasteiger partial charge in [-0.1, -0.05) is 35.5 Å². The van der Waals surface area contributed by atoms with Gasteiger partial charge in [0.2, 0.25) is 17.6 Å². The SMILES string of the molecule is Cc1nc(-c2ccc(N3CCN(C(=O)Cc4ccccc4)CC3)nc2)no1. The minimum absolute atomic E-state index is 0.177. The zero-order chi connectivity index (χ0) is 18.6. The fourth-order valence-electron chi connectivity index (χ4n) is 3.19. The first-order valence-corrected chi connectivity index (χ1v) is 9.02. The Morgan fingerprint density at radius 2 is 1.85 bits per heavy atom. The summed E-state index contributed by atoms with van der Waals surface area (Å²) in [6.45, 7) is 4.72. The fourth-order valence-corrected chi connectivity index (χ4v) is 3.19. The van der Waals surface area contributed by atoms with E-state index in [9.17, 15) is 4.79 Å². The smallest absolute Gasteiger partial charge is 0.227 e. The molecule has 0 bridgehead atoms. The first kappa shape index (κ1) is 17.2. The molecule has 1 fully saturated rings. The molecule has 1 aliphatic heterocycles. The van der Waals surface area contributed by atoms with Gasteiger partial charge in [0, 0.05) is 44.9 Å². The topological polar surface area (TPSA) is 75.4 Å². The van der Waals surface area contributed by atoms with E-state index < -0.39 is 0 Å². The van der Waals surface area contributed by atoms with Crippen molar-refractivity contribution in [1.29, 1.82) is 0 Å². The van der Waals surface area contributed by atoms with Crippen LogP contribution in [0.25, 0.3) is 11.4 Å². The number of piperazine rings is 1. The number of amides is 1. The van der Waals surface area contributed by atoms with Crippen LogP contribution in [0.5, 0.6) is 0 Å². The Morgan fingerprint density at radius 1 is 1.07 bits per heavy atom. The lowest BCUT2D eigenvalue weighted by Crippen LogP contribution is -2.49. The van der Waals surface area contributed by atoms with E-state index >= 15 is 0 Å². The van der Waals surface area contributed by atoms with Crippen LogP contribution in [0.2, 0.25) is 0 Å². The molecule has 27 heavy (non-hydrogen) atoms.